The number of carbonyl (C=O) groups excluding carboxylic acids is 2. The summed E-state index contributed by atoms with van der Waals surface area (Å²) in [5, 5.41) is 0. The van der Waals surface area contributed by atoms with Gasteiger partial charge in [-0.25, -0.2) is 4.79 Å². The first-order valence-corrected chi connectivity index (χ1v) is 7.13. The van der Waals surface area contributed by atoms with Gasteiger partial charge in [-0.2, -0.15) is 0 Å². The summed E-state index contributed by atoms with van der Waals surface area (Å²) in [5.74, 6) is -0.452. The first kappa shape index (κ1) is 14.6. The SMILES string of the molecule is CCOC(=O)C1CCC(OC(=O)c2ccccc2)CC1. The van der Waals surface area contributed by atoms with Crippen LogP contribution in [0.15, 0.2) is 30.3 Å². The fourth-order valence-electron chi connectivity index (χ4n) is 2.47. The molecular formula is C16H20O4. The van der Waals surface area contributed by atoms with Gasteiger partial charge in [0.15, 0.2) is 0 Å². The Morgan fingerprint density at radius 1 is 1.10 bits per heavy atom. The summed E-state index contributed by atoms with van der Waals surface area (Å²) in [5.41, 5.74) is 0.569. The van der Waals surface area contributed by atoms with Crippen molar-refractivity contribution in [3.63, 3.8) is 0 Å². The Morgan fingerprint density at radius 2 is 1.75 bits per heavy atom. The number of ether oxygens (including phenoxy) is 2. The van der Waals surface area contributed by atoms with Crippen LogP contribution in [0.3, 0.4) is 0 Å². The van der Waals surface area contributed by atoms with E-state index < -0.39 is 0 Å². The second-order valence-corrected chi connectivity index (χ2v) is 5.00. The minimum absolute atomic E-state index is 0.0402. The van der Waals surface area contributed by atoms with Gasteiger partial charge in [0.05, 0.1) is 18.1 Å². The lowest BCUT2D eigenvalue weighted by atomic mass is 9.87. The van der Waals surface area contributed by atoms with Crippen LogP contribution in [0.2, 0.25) is 0 Å². The molecule has 108 valence electrons. The van der Waals surface area contributed by atoms with Crippen molar-refractivity contribution >= 4 is 11.9 Å². The third-order valence-corrected chi connectivity index (χ3v) is 3.58. The Labute approximate surface area is 119 Å². The van der Waals surface area contributed by atoms with Crippen molar-refractivity contribution in [1.29, 1.82) is 0 Å². The monoisotopic (exact) mass is 276 g/mol. The lowest BCUT2D eigenvalue weighted by Gasteiger charge is -2.27. The van der Waals surface area contributed by atoms with E-state index >= 15 is 0 Å². The average Bonchev–Trinajstić information content (AvgIpc) is 2.49. The highest BCUT2D eigenvalue weighted by atomic mass is 16.5. The zero-order valence-corrected chi connectivity index (χ0v) is 11.7. The van der Waals surface area contributed by atoms with Crippen molar-refractivity contribution in [2.75, 3.05) is 6.61 Å². The molecule has 0 spiro atoms. The van der Waals surface area contributed by atoms with E-state index in [1.165, 1.54) is 0 Å². The van der Waals surface area contributed by atoms with Crippen LogP contribution in [0.5, 0.6) is 0 Å². The molecule has 2 rings (SSSR count). The third kappa shape index (κ3) is 3.83. The zero-order valence-electron chi connectivity index (χ0n) is 11.7. The van der Waals surface area contributed by atoms with E-state index in [4.69, 9.17) is 9.47 Å². The van der Waals surface area contributed by atoms with Gasteiger partial charge >= 0.3 is 11.9 Å². The minimum Gasteiger partial charge on any atom is -0.466 e. The van der Waals surface area contributed by atoms with Gasteiger partial charge in [-0.3, -0.25) is 4.79 Å². The standard InChI is InChI=1S/C16H20O4/c1-2-19-15(17)13-8-10-14(11-9-13)20-16(18)12-6-4-3-5-7-12/h3-7,13-14H,2,8-11H2,1H3. The Morgan fingerprint density at radius 3 is 2.35 bits per heavy atom. The fraction of sp³-hybridized carbons (Fsp3) is 0.500. The van der Waals surface area contributed by atoms with Crippen LogP contribution in [-0.2, 0) is 14.3 Å². The Bertz CT molecular complexity index is 447. The van der Waals surface area contributed by atoms with Gasteiger partial charge in [-0.1, -0.05) is 18.2 Å². The van der Waals surface area contributed by atoms with E-state index in [0.29, 0.717) is 12.2 Å². The predicted molar refractivity (Wildman–Crippen MR) is 74.2 cm³/mol. The zero-order chi connectivity index (χ0) is 14.4. The molecule has 1 aliphatic carbocycles. The highest BCUT2D eigenvalue weighted by Gasteiger charge is 2.29. The van der Waals surface area contributed by atoms with Crippen molar-refractivity contribution in [1.82, 2.24) is 0 Å². The summed E-state index contributed by atoms with van der Waals surface area (Å²) in [6.45, 7) is 2.23. The Kier molecular flexibility index (Phi) is 5.16. The molecule has 4 nitrogen and oxygen atoms in total. The molecule has 1 aromatic carbocycles. The molecule has 0 amide bonds. The summed E-state index contributed by atoms with van der Waals surface area (Å²) in [4.78, 5) is 23.5. The van der Waals surface area contributed by atoms with Crippen LogP contribution in [0.25, 0.3) is 0 Å². The maximum atomic E-state index is 11.9. The molecule has 1 aliphatic rings. The van der Waals surface area contributed by atoms with E-state index in [2.05, 4.69) is 0 Å². The van der Waals surface area contributed by atoms with Crippen molar-refractivity contribution in [2.45, 2.75) is 38.7 Å². The maximum absolute atomic E-state index is 11.9. The molecular weight excluding hydrogens is 256 g/mol. The van der Waals surface area contributed by atoms with Gasteiger partial charge in [0, 0.05) is 0 Å². The minimum atomic E-state index is -0.287. The second-order valence-electron chi connectivity index (χ2n) is 5.00. The Balaban J connectivity index is 1.80. The largest absolute Gasteiger partial charge is 0.466 e. The molecule has 20 heavy (non-hydrogen) atoms. The molecule has 4 heteroatoms. The molecule has 1 aromatic rings. The smallest absolute Gasteiger partial charge is 0.338 e. The predicted octanol–water partition coefficient (Wildman–Crippen LogP) is 2.97. The molecule has 0 aromatic heterocycles. The van der Waals surface area contributed by atoms with Crippen molar-refractivity contribution in [3.8, 4) is 0 Å². The molecule has 0 unspecified atom stereocenters. The Hall–Kier alpha value is -1.84. The maximum Gasteiger partial charge on any atom is 0.338 e. The summed E-state index contributed by atoms with van der Waals surface area (Å²) in [7, 11) is 0. The highest BCUT2D eigenvalue weighted by molar-refractivity contribution is 5.89. The molecule has 0 radical (unpaired) electrons. The van der Waals surface area contributed by atoms with Gasteiger partial charge in [-0.05, 0) is 44.7 Å². The molecule has 0 N–H and O–H groups in total. The van der Waals surface area contributed by atoms with E-state index in [9.17, 15) is 9.59 Å². The molecule has 1 saturated carbocycles. The summed E-state index contributed by atoms with van der Waals surface area (Å²) >= 11 is 0. The second kappa shape index (κ2) is 7.08. The molecule has 0 heterocycles. The lowest BCUT2D eigenvalue weighted by molar-refractivity contribution is -0.149. The molecule has 0 bridgehead atoms. The first-order valence-electron chi connectivity index (χ1n) is 7.13. The quantitative estimate of drug-likeness (QED) is 0.793. The average molecular weight is 276 g/mol. The summed E-state index contributed by atoms with van der Waals surface area (Å²) in [6, 6.07) is 8.98. The first-order chi connectivity index (χ1) is 9.70. The van der Waals surface area contributed by atoms with Crippen LogP contribution >= 0.6 is 0 Å². The molecule has 0 saturated heterocycles. The van der Waals surface area contributed by atoms with Crippen molar-refractivity contribution in [2.24, 2.45) is 5.92 Å². The summed E-state index contributed by atoms with van der Waals surface area (Å²) in [6.07, 6.45) is 2.81. The molecule has 1 fully saturated rings. The van der Waals surface area contributed by atoms with Gasteiger partial charge in [-0.15, -0.1) is 0 Å². The lowest BCUT2D eigenvalue weighted by Crippen LogP contribution is -2.29. The summed E-state index contributed by atoms with van der Waals surface area (Å²) < 4.78 is 10.5. The topological polar surface area (TPSA) is 52.6 Å². The molecule has 0 atom stereocenters. The van der Waals surface area contributed by atoms with Gasteiger partial charge < -0.3 is 9.47 Å². The number of benzene rings is 1. The van der Waals surface area contributed by atoms with Crippen LogP contribution in [0.4, 0.5) is 0 Å². The van der Waals surface area contributed by atoms with Gasteiger partial charge in [0.2, 0.25) is 0 Å². The number of rotatable bonds is 4. The van der Waals surface area contributed by atoms with Gasteiger partial charge in [0.25, 0.3) is 0 Å². The number of hydrogen-bond donors (Lipinski definition) is 0. The van der Waals surface area contributed by atoms with Crippen LogP contribution < -0.4 is 0 Å². The van der Waals surface area contributed by atoms with Crippen LogP contribution in [0.1, 0.15) is 43.0 Å². The van der Waals surface area contributed by atoms with E-state index in [0.717, 1.165) is 25.7 Å². The third-order valence-electron chi connectivity index (χ3n) is 3.58. The van der Waals surface area contributed by atoms with E-state index in [1.807, 2.05) is 25.1 Å². The number of esters is 2. The van der Waals surface area contributed by atoms with Gasteiger partial charge in [0.1, 0.15) is 6.10 Å². The van der Waals surface area contributed by atoms with Crippen molar-refractivity contribution < 1.29 is 19.1 Å². The van der Waals surface area contributed by atoms with Crippen LogP contribution in [0, 0.1) is 5.92 Å². The fourth-order valence-corrected chi connectivity index (χ4v) is 2.47. The number of hydrogen-bond acceptors (Lipinski definition) is 4. The number of carbonyl (C=O) groups is 2. The highest BCUT2D eigenvalue weighted by Crippen LogP contribution is 2.27. The van der Waals surface area contributed by atoms with Crippen LogP contribution in [-0.4, -0.2) is 24.6 Å². The van der Waals surface area contributed by atoms with E-state index in [1.54, 1.807) is 12.1 Å². The van der Waals surface area contributed by atoms with Crippen molar-refractivity contribution in [3.05, 3.63) is 35.9 Å². The van der Waals surface area contributed by atoms with E-state index in [-0.39, 0.29) is 24.0 Å². The molecule has 0 aliphatic heterocycles. The normalized spacial score (nSPS) is 22.1.